The minimum absolute atomic E-state index is 0.0665. The van der Waals surface area contributed by atoms with Gasteiger partial charge in [0, 0.05) is 13.6 Å². The Morgan fingerprint density at radius 1 is 1.38 bits per heavy atom. The summed E-state index contributed by atoms with van der Waals surface area (Å²) < 4.78 is 1.58. The summed E-state index contributed by atoms with van der Waals surface area (Å²) in [7, 11) is 1.74. The van der Waals surface area contributed by atoms with E-state index in [2.05, 4.69) is 15.7 Å². The number of urea groups is 1. The van der Waals surface area contributed by atoms with Gasteiger partial charge in [0.05, 0.1) is 28.8 Å². The number of carbonyl (C=O) groups excluding carboxylic acids is 2. The first-order valence-electron chi connectivity index (χ1n) is 7.66. The number of hydrogen-bond donors (Lipinski definition) is 2. The first-order valence-corrected chi connectivity index (χ1v) is 8.04. The van der Waals surface area contributed by atoms with Crippen molar-refractivity contribution >= 4 is 29.2 Å². The van der Waals surface area contributed by atoms with Gasteiger partial charge in [-0.05, 0) is 25.0 Å². The summed E-state index contributed by atoms with van der Waals surface area (Å²) in [6.07, 6.45) is 4.71. The third-order valence-corrected chi connectivity index (χ3v) is 4.23. The number of likely N-dealkylation sites (tertiary alicyclic amines) is 1. The Labute approximate surface area is 144 Å². The van der Waals surface area contributed by atoms with Crippen LogP contribution in [-0.2, 0) is 4.79 Å². The second kappa shape index (κ2) is 6.92. The van der Waals surface area contributed by atoms with E-state index in [1.54, 1.807) is 28.9 Å². The number of nitrogens with one attached hydrogen (secondary N) is 2. The number of nitrogens with zero attached hydrogens (tertiary/aromatic N) is 3. The van der Waals surface area contributed by atoms with Crippen LogP contribution in [0.2, 0.25) is 5.02 Å². The summed E-state index contributed by atoms with van der Waals surface area (Å²) in [5.41, 5.74) is 1.24. The van der Waals surface area contributed by atoms with E-state index in [-0.39, 0.29) is 5.91 Å². The number of piperidine rings is 1. The Morgan fingerprint density at radius 3 is 2.96 bits per heavy atom. The van der Waals surface area contributed by atoms with Gasteiger partial charge in [-0.1, -0.05) is 23.7 Å². The van der Waals surface area contributed by atoms with Gasteiger partial charge in [-0.15, -0.1) is 0 Å². The van der Waals surface area contributed by atoms with Crippen molar-refractivity contribution in [3.63, 3.8) is 0 Å². The molecule has 8 heteroatoms. The molecule has 1 unspecified atom stereocenters. The van der Waals surface area contributed by atoms with Crippen molar-refractivity contribution in [3.05, 3.63) is 41.7 Å². The van der Waals surface area contributed by atoms with Crippen LogP contribution in [0.1, 0.15) is 12.8 Å². The largest absolute Gasteiger partial charge is 0.344 e. The van der Waals surface area contributed by atoms with E-state index in [1.165, 1.54) is 6.20 Å². The maximum Gasteiger partial charge on any atom is 0.319 e. The number of anilines is 1. The topological polar surface area (TPSA) is 79.3 Å². The zero-order chi connectivity index (χ0) is 17.1. The van der Waals surface area contributed by atoms with Gasteiger partial charge in [-0.25, -0.2) is 9.48 Å². The maximum atomic E-state index is 12.1. The van der Waals surface area contributed by atoms with Gasteiger partial charge in [0.25, 0.3) is 0 Å². The fourth-order valence-electron chi connectivity index (χ4n) is 2.65. The fourth-order valence-corrected chi connectivity index (χ4v) is 2.87. The van der Waals surface area contributed by atoms with E-state index in [9.17, 15) is 9.59 Å². The molecule has 0 bridgehead atoms. The Balaban J connectivity index is 1.63. The SMILES string of the molecule is CN1CCCC(NC(=O)Nc2cnn(-c3ccccc3Cl)c2)C1=O. The molecule has 0 spiro atoms. The van der Waals surface area contributed by atoms with Crippen LogP contribution < -0.4 is 10.6 Å². The average Bonchev–Trinajstić information content (AvgIpc) is 3.00. The molecule has 2 aromatic rings. The molecule has 0 radical (unpaired) electrons. The molecule has 0 aliphatic carbocycles. The number of carbonyl (C=O) groups is 2. The molecule has 126 valence electrons. The third-order valence-electron chi connectivity index (χ3n) is 3.91. The minimum Gasteiger partial charge on any atom is -0.344 e. The van der Waals surface area contributed by atoms with E-state index in [1.807, 2.05) is 18.2 Å². The van der Waals surface area contributed by atoms with Gasteiger partial charge in [-0.2, -0.15) is 5.10 Å². The Morgan fingerprint density at radius 2 is 2.17 bits per heavy atom. The van der Waals surface area contributed by atoms with Crippen LogP contribution in [0.5, 0.6) is 0 Å². The highest BCUT2D eigenvalue weighted by Crippen LogP contribution is 2.20. The lowest BCUT2D eigenvalue weighted by molar-refractivity contribution is -0.134. The normalized spacial score (nSPS) is 17.7. The smallest absolute Gasteiger partial charge is 0.319 e. The lowest BCUT2D eigenvalue weighted by atomic mass is 10.1. The molecule has 1 saturated heterocycles. The minimum atomic E-state index is -0.484. The number of hydrogen-bond acceptors (Lipinski definition) is 3. The molecule has 0 saturated carbocycles. The van der Waals surface area contributed by atoms with E-state index in [0.717, 1.165) is 18.7 Å². The molecule has 1 fully saturated rings. The Kier molecular flexibility index (Phi) is 4.71. The van der Waals surface area contributed by atoms with Crippen molar-refractivity contribution in [2.45, 2.75) is 18.9 Å². The van der Waals surface area contributed by atoms with Gasteiger partial charge in [0.15, 0.2) is 0 Å². The van der Waals surface area contributed by atoms with Crippen LogP contribution in [0.3, 0.4) is 0 Å². The Hall–Kier alpha value is -2.54. The summed E-state index contributed by atoms with van der Waals surface area (Å²) in [6, 6.07) is 6.37. The van der Waals surface area contributed by atoms with Gasteiger partial charge >= 0.3 is 6.03 Å². The number of aromatic nitrogens is 2. The van der Waals surface area contributed by atoms with Crippen molar-refractivity contribution in [1.82, 2.24) is 20.0 Å². The zero-order valence-corrected chi connectivity index (χ0v) is 14.0. The van der Waals surface area contributed by atoms with Crippen LogP contribution >= 0.6 is 11.6 Å². The van der Waals surface area contributed by atoms with Gasteiger partial charge in [-0.3, -0.25) is 4.79 Å². The predicted molar refractivity (Wildman–Crippen MR) is 91.4 cm³/mol. The number of benzene rings is 1. The highest BCUT2D eigenvalue weighted by Gasteiger charge is 2.27. The standard InChI is InChI=1S/C16H18ClN5O2/c1-21-8-4-6-13(15(21)23)20-16(24)19-11-9-18-22(10-11)14-7-3-2-5-12(14)17/h2-3,5,7,9-10,13H,4,6,8H2,1H3,(H2,19,20,24). The molecule has 3 amide bonds. The molecule has 1 aromatic carbocycles. The molecule has 1 aliphatic heterocycles. The summed E-state index contributed by atoms with van der Waals surface area (Å²) in [4.78, 5) is 25.7. The molecular weight excluding hydrogens is 330 g/mol. The van der Waals surface area contributed by atoms with Crippen LogP contribution in [0, 0.1) is 0 Å². The number of amides is 3. The third kappa shape index (κ3) is 3.51. The molecule has 3 rings (SSSR count). The van der Waals surface area contributed by atoms with Crippen molar-refractivity contribution in [2.75, 3.05) is 18.9 Å². The quantitative estimate of drug-likeness (QED) is 0.893. The monoisotopic (exact) mass is 347 g/mol. The number of para-hydroxylation sites is 1. The lowest BCUT2D eigenvalue weighted by Crippen LogP contribution is -2.51. The summed E-state index contributed by atoms with van der Waals surface area (Å²) in [5.74, 6) is -0.0665. The van der Waals surface area contributed by atoms with Gasteiger partial charge in [0.1, 0.15) is 6.04 Å². The van der Waals surface area contributed by atoms with Crippen LogP contribution in [0.25, 0.3) is 5.69 Å². The summed E-state index contributed by atoms with van der Waals surface area (Å²) in [6.45, 7) is 0.725. The van der Waals surface area contributed by atoms with Gasteiger partial charge in [0.2, 0.25) is 5.91 Å². The van der Waals surface area contributed by atoms with Crippen LogP contribution in [-0.4, -0.2) is 46.3 Å². The van der Waals surface area contributed by atoms with Crippen LogP contribution in [0.4, 0.5) is 10.5 Å². The van der Waals surface area contributed by atoms with Gasteiger partial charge < -0.3 is 15.5 Å². The highest BCUT2D eigenvalue weighted by atomic mass is 35.5. The zero-order valence-electron chi connectivity index (χ0n) is 13.2. The van der Waals surface area contributed by atoms with E-state index < -0.39 is 12.1 Å². The van der Waals surface area contributed by atoms with Crippen LogP contribution in [0.15, 0.2) is 36.7 Å². The fraction of sp³-hybridized carbons (Fsp3) is 0.312. The molecule has 7 nitrogen and oxygen atoms in total. The first-order chi connectivity index (χ1) is 11.5. The van der Waals surface area contributed by atoms with Crippen molar-refractivity contribution in [1.29, 1.82) is 0 Å². The second-order valence-corrected chi connectivity index (χ2v) is 6.09. The lowest BCUT2D eigenvalue weighted by Gasteiger charge is -2.29. The van der Waals surface area contributed by atoms with Crippen molar-refractivity contribution in [3.8, 4) is 5.69 Å². The molecule has 1 atom stereocenters. The molecule has 1 aromatic heterocycles. The molecule has 24 heavy (non-hydrogen) atoms. The average molecular weight is 348 g/mol. The molecule has 1 aliphatic rings. The van der Waals surface area contributed by atoms with E-state index in [0.29, 0.717) is 17.1 Å². The molecule has 2 heterocycles. The molecular formula is C16H18ClN5O2. The maximum absolute atomic E-state index is 12.1. The predicted octanol–water partition coefficient (Wildman–Crippen LogP) is 2.27. The van der Waals surface area contributed by atoms with Crippen molar-refractivity contribution in [2.24, 2.45) is 0 Å². The second-order valence-electron chi connectivity index (χ2n) is 5.68. The number of halogens is 1. The van der Waals surface area contributed by atoms with E-state index >= 15 is 0 Å². The van der Waals surface area contributed by atoms with E-state index in [4.69, 9.17) is 11.6 Å². The van der Waals surface area contributed by atoms with Crippen molar-refractivity contribution < 1.29 is 9.59 Å². The summed E-state index contributed by atoms with van der Waals surface area (Å²) >= 11 is 6.13. The number of rotatable bonds is 3. The Bertz CT molecular complexity index is 760. The number of likely N-dealkylation sites (N-methyl/N-ethyl adjacent to an activating group) is 1. The summed E-state index contributed by atoms with van der Waals surface area (Å²) in [5, 5.41) is 10.1. The first kappa shape index (κ1) is 16.3. The highest BCUT2D eigenvalue weighted by molar-refractivity contribution is 6.32. The molecule has 2 N–H and O–H groups in total.